The number of aromatic nitrogens is 2. The van der Waals surface area contributed by atoms with E-state index >= 15 is 0 Å². The number of aromatic amines is 1. The van der Waals surface area contributed by atoms with Crippen molar-refractivity contribution >= 4 is 0 Å². The van der Waals surface area contributed by atoms with E-state index in [1.165, 1.54) is 4.68 Å². The minimum atomic E-state index is -0.0358. The van der Waals surface area contributed by atoms with Crippen LogP contribution < -0.4 is 10.3 Å². The lowest BCUT2D eigenvalue weighted by molar-refractivity contribution is 0.317. The zero-order valence-corrected chi connectivity index (χ0v) is 10.1. The van der Waals surface area contributed by atoms with Gasteiger partial charge in [0, 0.05) is 13.1 Å². The smallest absolute Gasteiger partial charge is 0.266 e. The normalized spacial score (nSPS) is 10.5. The number of H-pyrrole nitrogens is 1. The summed E-state index contributed by atoms with van der Waals surface area (Å²) in [6, 6.07) is 9.29. The van der Waals surface area contributed by atoms with Crippen molar-refractivity contribution < 1.29 is 4.74 Å². The molecule has 0 aliphatic heterocycles. The Morgan fingerprint density at radius 3 is 2.53 bits per heavy atom. The summed E-state index contributed by atoms with van der Waals surface area (Å²) in [6.07, 6.45) is 0.994. The lowest BCUT2D eigenvalue weighted by Crippen LogP contribution is -2.09. The summed E-state index contributed by atoms with van der Waals surface area (Å²) >= 11 is 0. The van der Waals surface area contributed by atoms with E-state index in [0.717, 1.165) is 30.0 Å². The van der Waals surface area contributed by atoms with E-state index in [2.05, 4.69) is 12.0 Å². The molecule has 1 aromatic heterocycles. The quantitative estimate of drug-likeness (QED) is 0.878. The first-order valence-corrected chi connectivity index (χ1v) is 5.70. The van der Waals surface area contributed by atoms with Crippen molar-refractivity contribution in [3.05, 3.63) is 40.7 Å². The Hall–Kier alpha value is -1.97. The molecule has 0 saturated heterocycles. The first kappa shape index (κ1) is 11.5. The Morgan fingerprint density at radius 1 is 1.29 bits per heavy atom. The number of hydrogen-bond acceptors (Lipinski definition) is 2. The van der Waals surface area contributed by atoms with E-state index < -0.39 is 0 Å². The Morgan fingerprint density at radius 2 is 2.00 bits per heavy atom. The standard InChI is InChI=1S/C13H16N2O2/c1-3-8-17-11-6-4-10(5-7-11)12-9-13(16)15(2)14-12/h4-7,9,14H,3,8H2,1-2H3. The number of nitrogens with one attached hydrogen (secondary N) is 1. The number of ether oxygens (including phenoxy) is 1. The first-order chi connectivity index (χ1) is 8.20. The first-order valence-electron chi connectivity index (χ1n) is 5.70. The van der Waals surface area contributed by atoms with Gasteiger partial charge in [-0.05, 0) is 36.2 Å². The largest absolute Gasteiger partial charge is 0.494 e. The summed E-state index contributed by atoms with van der Waals surface area (Å²) in [7, 11) is 1.70. The van der Waals surface area contributed by atoms with Crippen LogP contribution in [0.3, 0.4) is 0 Å². The van der Waals surface area contributed by atoms with Crippen molar-refractivity contribution in [2.75, 3.05) is 6.61 Å². The van der Waals surface area contributed by atoms with Crippen LogP contribution in [0.1, 0.15) is 13.3 Å². The molecule has 1 N–H and O–H groups in total. The second-order valence-electron chi connectivity index (χ2n) is 3.94. The van der Waals surface area contributed by atoms with Crippen LogP contribution in [0.15, 0.2) is 35.1 Å². The van der Waals surface area contributed by atoms with Crippen LogP contribution in [0.4, 0.5) is 0 Å². The Bertz CT molecular complexity index is 537. The van der Waals surface area contributed by atoms with Gasteiger partial charge in [0.2, 0.25) is 0 Å². The van der Waals surface area contributed by atoms with E-state index in [0.29, 0.717) is 0 Å². The fourth-order valence-electron chi connectivity index (χ4n) is 1.59. The molecule has 0 bridgehead atoms. The van der Waals surface area contributed by atoms with Crippen LogP contribution in [0.25, 0.3) is 11.3 Å². The molecule has 0 unspecified atom stereocenters. The molecule has 0 amide bonds. The molecule has 2 rings (SSSR count). The molecule has 0 spiro atoms. The van der Waals surface area contributed by atoms with Gasteiger partial charge in [-0.3, -0.25) is 14.6 Å². The molecule has 0 atom stereocenters. The fraction of sp³-hybridized carbons (Fsp3) is 0.308. The maximum absolute atomic E-state index is 11.3. The summed E-state index contributed by atoms with van der Waals surface area (Å²) in [6.45, 7) is 2.80. The number of benzene rings is 1. The minimum Gasteiger partial charge on any atom is -0.494 e. The number of rotatable bonds is 4. The second-order valence-corrected chi connectivity index (χ2v) is 3.94. The number of aryl methyl sites for hydroxylation is 1. The van der Waals surface area contributed by atoms with Gasteiger partial charge < -0.3 is 4.74 Å². The molecule has 0 radical (unpaired) electrons. The molecule has 1 aromatic carbocycles. The minimum absolute atomic E-state index is 0.0358. The van der Waals surface area contributed by atoms with Crippen LogP contribution >= 0.6 is 0 Å². The molecule has 0 saturated carbocycles. The van der Waals surface area contributed by atoms with Crippen LogP contribution in [0.5, 0.6) is 5.75 Å². The highest BCUT2D eigenvalue weighted by atomic mass is 16.5. The third-order valence-corrected chi connectivity index (χ3v) is 2.52. The third kappa shape index (κ3) is 2.58. The molecule has 0 aliphatic rings. The van der Waals surface area contributed by atoms with Gasteiger partial charge in [0.05, 0.1) is 12.3 Å². The Balaban J connectivity index is 2.20. The van der Waals surface area contributed by atoms with Gasteiger partial charge in [0.15, 0.2) is 0 Å². The Kier molecular flexibility index (Phi) is 3.32. The van der Waals surface area contributed by atoms with Crippen molar-refractivity contribution in [3.8, 4) is 17.0 Å². The maximum atomic E-state index is 11.3. The summed E-state index contributed by atoms with van der Waals surface area (Å²) in [5.41, 5.74) is 1.76. The monoisotopic (exact) mass is 232 g/mol. The molecule has 4 nitrogen and oxygen atoms in total. The molecule has 4 heteroatoms. The molecule has 90 valence electrons. The fourth-order valence-corrected chi connectivity index (χ4v) is 1.59. The van der Waals surface area contributed by atoms with Crippen molar-refractivity contribution in [1.82, 2.24) is 9.78 Å². The van der Waals surface area contributed by atoms with Crippen molar-refractivity contribution in [2.24, 2.45) is 7.05 Å². The van der Waals surface area contributed by atoms with Crippen LogP contribution in [-0.4, -0.2) is 16.4 Å². The predicted octanol–water partition coefficient (Wildman–Crippen LogP) is 2.17. The highest BCUT2D eigenvalue weighted by Crippen LogP contribution is 2.19. The zero-order valence-electron chi connectivity index (χ0n) is 10.1. The maximum Gasteiger partial charge on any atom is 0.266 e. The van der Waals surface area contributed by atoms with E-state index in [9.17, 15) is 4.79 Å². The summed E-state index contributed by atoms with van der Waals surface area (Å²) < 4.78 is 6.95. The molecular formula is C13H16N2O2. The van der Waals surface area contributed by atoms with Crippen molar-refractivity contribution in [3.63, 3.8) is 0 Å². The topological polar surface area (TPSA) is 47.0 Å². The SMILES string of the molecule is CCCOc1ccc(-c2cc(=O)n(C)[nH]2)cc1. The summed E-state index contributed by atoms with van der Waals surface area (Å²) in [5, 5.41) is 2.99. The lowest BCUT2D eigenvalue weighted by atomic mass is 10.1. The second kappa shape index (κ2) is 4.91. The summed E-state index contributed by atoms with van der Waals surface area (Å²) in [5.74, 6) is 0.855. The average Bonchev–Trinajstić information content (AvgIpc) is 2.68. The van der Waals surface area contributed by atoms with Crippen molar-refractivity contribution in [2.45, 2.75) is 13.3 Å². The molecular weight excluding hydrogens is 216 g/mol. The molecule has 2 aromatic rings. The van der Waals surface area contributed by atoms with E-state index in [1.807, 2.05) is 24.3 Å². The molecule has 0 aliphatic carbocycles. The van der Waals surface area contributed by atoms with Gasteiger partial charge in [-0.2, -0.15) is 0 Å². The zero-order chi connectivity index (χ0) is 12.3. The molecule has 1 heterocycles. The van der Waals surface area contributed by atoms with Gasteiger partial charge in [-0.15, -0.1) is 0 Å². The molecule has 17 heavy (non-hydrogen) atoms. The third-order valence-electron chi connectivity index (χ3n) is 2.52. The van der Waals surface area contributed by atoms with E-state index in [-0.39, 0.29) is 5.56 Å². The number of hydrogen-bond donors (Lipinski definition) is 1. The van der Waals surface area contributed by atoms with Gasteiger partial charge >= 0.3 is 0 Å². The average molecular weight is 232 g/mol. The van der Waals surface area contributed by atoms with Crippen molar-refractivity contribution in [1.29, 1.82) is 0 Å². The van der Waals surface area contributed by atoms with Crippen LogP contribution in [0, 0.1) is 0 Å². The highest BCUT2D eigenvalue weighted by Gasteiger charge is 2.02. The van der Waals surface area contributed by atoms with E-state index in [1.54, 1.807) is 13.1 Å². The van der Waals surface area contributed by atoms with E-state index in [4.69, 9.17) is 4.74 Å². The number of nitrogens with zero attached hydrogens (tertiary/aromatic N) is 1. The van der Waals surface area contributed by atoms with Gasteiger partial charge in [0.1, 0.15) is 5.75 Å². The lowest BCUT2D eigenvalue weighted by Gasteiger charge is -2.04. The van der Waals surface area contributed by atoms with Crippen LogP contribution in [0.2, 0.25) is 0 Å². The van der Waals surface area contributed by atoms with Gasteiger partial charge in [-0.1, -0.05) is 6.92 Å². The predicted molar refractivity (Wildman–Crippen MR) is 67.3 cm³/mol. The molecule has 0 fully saturated rings. The van der Waals surface area contributed by atoms with Gasteiger partial charge in [-0.25, -0.2) is 0 Å². The Labute approximate surface area is 99.8 Å². The van der Waals surface area contributed by atoms with Crippen LogP contribution in [-0.2, 0) is 7.05 Å². The van der Waals surface area contributed by atoms with Gasteiger partial charge in [0.25, 0.3) is 5.56 Å². The summed E-state index contributed by atoms with van der Waals surface area (Å²) in [4.78, 5) is 11.3. The highest BCUT2D eigenvalue weighted by molar-refractivity contribution is 5.59.